The molecule has 488 valence electrons. The van der Waals surface area contributed by atoms with Gasteiger partial charge in [-0.3, -0.25) is 38.4 Å². The molecule has 12 N–H and O–H groups in total. The summed E-state index contributed by atoms with van der Waals surface area (Å²) >= 11 is 0. The number of carboxylic acids is 2. The van der Waals surface area contributed by atoms with Crippen LogP contribution in [0.25, 0.3) is 0 Å². The second kappa shape index (κ2) is 40.6. The van der Waals surface area contributed by atoms with E-state index in [0.717, 1.165) is 0 Å². The summed E-state index contributed by atoms with van der Waals surface area (Å²) in [5.41, 5.74) is 0. The average Bonchev–Trinajstić information content (AvgIpc) is 4.14. The summed E-state index contributed by atoms with van der Waals surface area (Å²) in [6.45, 7) is -0.513. The van der Waals surface area contributed by atoms with Gasteiger partial charge < -0.3 is 137 Å². The quantitative estimate of drug-likeness (QED) is 0.0306. The number of methoxy groups -OCH3 is 8. The van der Waals surface area contributed by atoms with Crippen molar-refractivity contribution in [3.63, 3.8) is 0 Å². The third-order valence-corrected chi connectivity index (χ3v) is 12.2. The second-order valence-electron chi connectivity index (χ2n) is 18.1. The van der Waals surface area contributed by atoms with Crippen molar-refractivity contribution in [2.75, 3.05) is 83.3 Å². The lowest BCUT2D eigenvalue weighted by Crippen LogP contribution is -2.60. The summed E-state index contributed by atoms with van der Waals surface area (Å²) in [6, 6.07) is 0. The van der Waals surface area contributed by atoms with Crippen molar-refractivity contribution >= 4 is 47.8 Å². The number of aliphatic carboxylic acids is 2. The van der Waals surface area contributed by atoms with Gasteiger partial charge in [0.2, 0.25) is 0 Å². The monoisotopic (exact) mass is 1230 g/mol. The van der Waals surface area contributed by atoms with Crippen LogP contribution in [0.15, 0.2) is 0 Å². The van der Waals surface area contributed by atoms with Gasteiger partial charge in [0.25, 0.3) is 0 Å². The summed E-state index contributed by atoms with van der Waals surface area (Å²) in [6.07, 6.45) is -21.6. The molecule has 0 aromatic rings. The van der Waals surface area contributed by atoms with E-state index in [-0.39, 0.29) is 71.4 Å². The second-order valence-corrected chi connectivity index (χ2v) is 18.1. The topological polar surface area (TPSA) is 527 Å². The molecule has 6 heterocycles. The molecule has 0 aliphatic carbocycles. The standard InChI is InChI=1S/2C12H20O9.2C8H16O6.2C4H4O3/c1-18-11-9(16)6(21-12(19-2)10(11)17)5-20-8(15)4-3-7(13)14;1-18-5-6-9(16)11(10(17)12(19-2)20-6)21-8(15)4-3-7(13)14;1-12-7-5(10)4(3-9)14-8(13-2)6(7)11;1-12-3-4-5(9)6(10)7(11)8(13-2)14-4;2*5-3-1-2-4(6)7-3/h2*6,9-12,16-17H,3-5H2,1-2H3,(H,13,14);2*4-11H,3H2,1-2H3;2*1-2H2/t6?,9-,10?,11+,12+;;4?,5-,6?,7+,8+;;;/m1.1.../s1. The molecule has 0 radical (unpaired) electrons. The first-order chi connectivity index (χ1) is 39.6. The highest BCUT2D eigenvalue weighted by atomic mass is 16.7. The van der Waals surface area contributed by atoms with E-state index < -0.39 is 177 Å². The number of carbonyl (C=O) groups excluding carboxylic acids is 6. The molecular formula is C48H80O36. The predicted molar refractivity (Wildman–Crippen MR) is 264 cm³/mol. The fraction of sp³-hybridized carbons (Fsp3) is 0.833. The lowest BCUT2D eigenvalue weighted by molar-refractivity contribution is -0.298. The average molecular weight is 1230 g/mol. The van der Waals surface area contributed by atoms with Gasteiger partial charge in [-0.25, -0.2) is 0 Å². The Morgan fingerprint density at radius 2 is 0.714 bits per heavy atom. The Balaban J connectivity index is 0.000000524. The molecule has 0 aromatic heterocycles. The molecule has 36 heteroatoms. The van der Waals surface area contributed by atoms with Crippen LogP contribution in [-0.4, -0.2) is 315 Å². The van der Waals surface area contributed by atoms with E-state index in [1.54, 1.807) is 0 Å². The van der Waals surface area contributed by atoms with Crippen molar-refractivity contribution in [3.05, 3.63) is 0 Å². The van der Waals surface area contributed by atoms with E-state index in [1.165, 1.54) is 56.9 Å². The number of carboxylic acid groups (broad SMARTS) is 2. The molecule has 20 atom stereocenters. The van der Waals surface area contributed by atoms with Crippen LogP contribution >= 0.6 is 0 Å². The van der Waals surface area contributed by atoms with Crippen LogP contribution in [0.3, 0.4) is 0 Å². The normalized spacial score (nSPS) is 34.3. The predicted octanol–water partition coefficient (Wildman–Crippen LogP) is -7.12. The molecule has 6 aliphatic heterocycles. The molecule has 6 fully saturated rings. The van der Waals surface area contributed by atoms with Gasteiger partial charge in [0.1, 0.15) is 98.2 Å². The molecule has 6 saturated heterocycles. The van der Waals surface area contributed by atoms with Gasteiger partial charge in [-0.15, -0.1) is 0 Å². The van der Waals surface area contributed by atoms with Gasteiger partial charge in [-0.2, -0.15) is 0 Å². The van der Waals surface area contributed by atoms with Gasteiger partial charge in [-0.1, -0.05) is 0 Å². The molecule has 0 amide bonds. The van der Waals surface area contributed by atoms with Crippen molar-refractivity contribution in [2.24, 2.45) is 0 Å². The Labute approximate surface area is 480 Å². The minimum Gasteiger partial charge on any atom is -0.481 e. The third-order valence-electron chi connectivity index (χ3n) is 12.2. The molecule has 0 saturated carbocycles. The number of carbonyl (C=O) groups is 8. The maximum Gasteiger partial charge on any atom is 0.314 e. The molecule has 6 rings (SSSR count). The zero-order valence-electron chi connectivity index (χ0n) is 47.2. The summed E-state index contributed by atoms with van der Waals surface area (Å²) in [7, 11) is 10.8. The summed E-state index contributed by atoms with van der Waals surface area (Å²) in [4.78, 5) is 83.6. The number of esters is 6. The van der Waals surface area contributed by atoms with Crippen LogP contribution in [0.5, 0.6) is 0 Å². The Morgan fingerprint density at radius 3 is 1.05 bits per heavy atom. The van der Waals surface area contributed by atoms with Crippen molar-refractivity contribution in [2.45, 2.75) is 174 Å². The lowest BCUT2D eigenvalue weighted by atomic mass is 9.99. The first-order valence-electron chi connectivity index (χ1n) is 25.4. The Kier molecular flexibility index (Phi) is 37.4. The number of hydrogen-bond acceptors (Lipinski definition) is 34. The molecular weight excluding hydrogens is 1150 g/mol. The minimum absolute atomic E-state index is 0.0108. The van der Waals surface area contributed by atoms with Gasteiger partial charge >= 0.3 is 47.8 Å². The van der Waals surface area contributed by atoms with Crippen molar-refractivity contribution in [3.8, 4) is 0 Å². The van der Waals surface area contributed by atoms with E-state index in [1.807, 2.05) is 0 Å². The van der Waals surface area contributed by atoms with Gasteiger partial charge in [0.15, 0.2) is 31.3 Å². The Morgan fingerprint density at radius 1 is 0.393 bits per heavy atom. The van der Waals surface area contributed by atoms with Gasteiger partial charge in [0.05, 0.1) is 71.2 Å². The summed E-state index contributed by atoms with van der Waals surface area (Å²) in [5.74, 6) is -5.41. The first-order valence-corrected chi connectivity index (χ1v) is 25.4. The number of ether oxygens (including phenoxy) is 16. The SMILES string of the molecule is COCC1OC(OC)C(O)C(O)C1O.COCC1OC(OC)C(O)C(OC(=O)CCC(=O)O)C1O.CO[C@H]1OC(CO)[C@@H](O)[C@H](OC)C1O.CO[C@H]1OC(COC(=O)CCC(=O)O)[C@@H](O)[C@H](OC)C1O.O=C1CCC(=O)O1.O=C1CCC(=O)O1. The van der Waals surface area contributed by atoms with E-state index in [4.69, 9.17) is 81.6 Å². The van der Waals surface area contributed by atoms with E-state index in [2.05, 4.69) is 9.47 Å². The maximum atomic E-state index is 11.5. The van der Waals surface area contributed by atoms with Crippen LogP contribution in [-0.2, 0) is 114 Å². The summed E-state index contributed by atoms with van der Waals surface area (Å²) in [5, 5.41) is 113. The zero-order valence-corrected chi connectivity index (χ0v) is 47.2. The fourth-order valence-electron chi connectivity index (χ4n) is 7.73. The van der Waals surface area contributed by atoms with Crippen LogP contribution < -0.4 is 0 Å². The zero-order chi connectivity index (χ0) is 64.0. The third kappa shape index (κ3) is 25.7. The molecule has 6 aliphatic rings. The number of hydrogen-bond donors (Lipinski definition) is 12. The lowest BCUT2D eigenvalue weighted by Gasteiger charge is -2.41. The Bertz CT molecular complexity index is 1900. The fourth-order valence-corrected chi connectivity index (χ4v) is 7.73. The van der Waals surface area contributed by atoms with E-state index in [9.17, 15) is 84.3 Å². The van der Waals surface area contributed by atoms with Crippen molar-refractivity contribution in [1.82, 2.24) is 0 Å². The number of cyclic esters (lactones) is 4. The van der Waals surface area contributed by atoms with Crippen LogP contribution in [0.1, 0.15) is 51.4 Å². The Hall–Kier alpha value is -4.72. The van der Waals surface area contributed by atoms with Crippen LogP contribution in [0, 0.1) is 0 Å². The number of aliphatic hydroxyl groups is 10. The molecule has 36 nitrogen and oxygen atoms in total. The number of aliphatic hydroxyl groups excluding tert-OH is 10. The molecule has 0 aromatic carbocycles. The summed E-state index contributed by atoms with van der Waals surface area (Å²) < 4.78 is 77.8. The van der Waals surface area contributed by atoms with Crippen LogP contribution in [0.2, 0.25) is 0 Å². The highest BCUT2D eigenvalue weighted by Gasteiger charge is 2.49. The number of rotatable bonds is 20. The van der Waals surface area contributed by atoms with Gasteiger partial charge in [0, 0.05) is 56.9 Å². The molecule has 0 bridgehead atoms. The maximum absolute atomic E-state index is 11.5. The molecule has 14 unspecified atom stereocenters. The highest BCUT2D eigenvalue weighted by molar-refractivity contribution is 5.93. The van der Waals surface area contributed by atoms with Crippen molar-refractivity contribution in [1.29, 1.82) is 0 Å². The minimum atomic E-state index is -1.40. The van der Waals surface area contributed by atoms with Crippen LogP contribution in [0.4, 0.5) is 0 Å². The van der Waals surface area contributed by atoms with Gasteiger partial charge in [-0.05, 0) is 0 Å². The first kappa shape index (κ1) is 77.3. The van der Waals surface area contributed by atoms with E-state index >= 15 is 0 Å². The molecule has 0 spiro atoms. The largest absolute Gasteiger partial charge is 0.481 e. The highest BCUT2D eigenvalue weighted by Crippen LogP contribution is 2.27. The van der Waals surface area contributed by atoms with Crippen molar-refractivity contribution < 1.29 is 175 Å². The molecule has 84 heavy (non-hydrogen) atoms. The van der Waals surface area contributed by atoms with E-state index in [0.29, 0.717) is 0 Å². The smallest absolute Gasteiger partial charge is 0.314 e.